The summed E-state index contributed by atoms with van der Waals surface area (Å²) in [4.78, 5) is 13.1. The fraction of sp³-hybridized carbons (Fsp3) is 0.208. The summed E-state index contributed by atoms with van der Waals surface area (Å²) < 4.78 is 31.4. The van der Waals surface area contributed by atoms with Gasteiger partial charge in [0.05, 0.1) is 25.1 Å². The van der Waals surface area contributed by atoms with E-state index in [0.717, 1.165) is 27.3 Å². The van der Waals surface area contributed by atoms with Crippen LogP contribution in [-0.2, 0) is 14.8 Å². The standard InChI is InChI=1S/C24H26N2O4S/c1-18-11-7-8-14-20(18)24(19-12-5-4-6-13-19)25-23(27)17-26(31(3,28)29)21-15-9-10-16-22(21)30-2/h4-16,24H,17H2,1-3H3,(H,25,27)/t24-/m0/s1. The van der Waals surface area contributed by atoms with Crippen molar-refractivity contribution in [3.05, 3.63) is 95.6 Å². The molecule has 0 aliphatic heterocycles. The molecule has 162 valence electrons. The third-order valence-corrected chi connectivity index (χ3v) is 6.11. The molecule has 0 fully saturated rings. The lowest BCUT2D eigenvalue weighted by Gasteiger charge is -2.26. The lowest BCUT2D eigenvalue weighted by Crippen LogP contribution is -2.42. The number of benzene rings is 3. The Bertz CT molecular complexity index is 1150. The maximum Gasteiger partial charge on any atom is 0.241 e. The second kappa shape index (κ2) is 9.66. The predicted molar refractivity (Wildman–Crippen MR) is 123 cm³/mol. The SMILES string of the molecule is COc1ccccc1N(CC(=O)N[C@@H](c1ccccc1)c1ccccc1C)S(C)(=O)=O. The largest absolute Gasteiger partial charge is 0.495 e. The molecule has 0 saturated carbocycles. The van der Waals surface area contributed by atoms with E-state index in [2.05, 4.69) is 5.32 Å². The van der Waals surface area contributed by atoms with Gasteiger partial charge in [0.25, 0.3) is 0 Å². The quantitative estimate of drug-likeness (QED) is 0.582. The average Bonchev–Trinajstić information content (AvgIpc) is 2.76. The summed E-state index contributed by atoms with van der Waals surface area (Å²) in [6.45, 7) is 1.61. The number of para-hydroxylation sites is 2. The second-order valence-electron chi connectivity index (χ2n) is 7.21. The van der Waals surface area contributed by atoms with Crippen molar-refractivity contribution in [1.29, 1.82) is 0 Å². The molecule has 0 saturated heterocycles. The molecule has 0 heterocycles. The van der Waals surface area contributed by atoms with E-state index in [-0.39, 0.29) is 6.54 Å². The van der Waals surface area contributed by atoms with Crippen LogP contribution in [0, 0.1) is 6.92 Å². The van der Waals surface area contributed by atoms with Crippen molar-refractivity contribution in [2.75, 3.05) is 24.2 Å². The molecule has 1 N–H and O–H groups in total. The molecule has 3 aromatic carbocycles. The number of methoxy groups -OCH3 is 1. The van der Waals surface area contributed by atoms with E-state index in [9.17, 15) is 13.2 Å². The van der Waals surface area contributed by atoms with Gasteiger partial charge in [-0.2, -0.15) is 0 Å². The summed E-state index contributed by atoms with van der Waals surface area (Å²) >= 11 is 0. The topological polar surface area (TPSA) is 75.7 Å². The number of anilines is 1. The van der Waals surface area contributed by atoms with Gasteiger partial charge in [-0.15, -0.1) is 0 Å². The van der Waals surface area contributed by atoms with Crippen LogP contribution in [0.5, 0.6) is 5.75 Å². The minimum atomic E-state index is -3.73. The van der Waals surface area contributed by atoms with Gasteiger partial charge in [-0.3, -0.25) is 9.10 Å². The molecule has 0 aliphatic rings. The van der Waals surface area contributed by atoms with E-state index < -0.39 is 22.0 Å². The van der Waals surface area contributed by atoms with Gasteiger partial charge in [-0.25, -0.2) is 8.42 Å². The Morgan fingerprint density at radius 3 is 2.23 bits per heavy atom. The summed E-state index contributed by atoms with van der Waals surface area (Å²) in [5.41, 5.74) is 3.20. The van der Waals surface area contributed by atoms with Gasteiger partial charge in [0.15, 0.2) is 0 Å². The zero-order chi connectivity index (χ0) is 22.4. The Kier molecular flexibility index (Phi) is 6.97. The molecular weight excluding hydrogens is 412 g/mol. The number of hydrogen-bond donors (Lipinski definition) is 1. The van der Waals surface area contributed by atoms with E-state index in [1.54, 1.807) is 24.3 Å². The first-order chi connectivity index (χ1) is 14.8. The lowest BCUT2D eigenvalue weighted by atomic mass is 9.95. The fourth-order valence-corrected chi connectivity index (χ4v) is 4.31. The molecule has 0 aliphatic carbocycles. The highest BCUT2D eigenvalue weighted by Crippen LogP contribution is 2.30. The van der Waals surface area contributed by atoms with Crippen LogP contribution in [0.4, 0.5) is 5.69 Å². The number of carbonyl (C=O) groups is 1. The molecular formula is C24H26N2O4S. The van der Waals surface area contributed by atoms with Crippen LogP contribution in [0.25, 0.3) is 0 Å². The number of nitrogens with zero attached hydrogens (tertiary/aromatic N) is 1. The first kappa shape index (κ1) is 22.4. The van der Waals surface area contributed by atoms with Crippen molar-refractivity contribution in [1.82, 2.24) is 5.32 Å². The van der Waals surface area contributed by atoms with E-state index in [1.807, 2.05) is 61.5 Å². The van der Waals surface area contributed by atoms with Crippen LogP contribution < -0.4 is 14.4 Å². The Balaban J connectivity index is 1.93. The number of aryl methyl sites for hydroxylation is 1. The minimum Gasteiger partial charge on any atom is -0.495 e. The number of hydrogen-bond acceptors (Lipinski definition) is 4. The van der Waals surface area contributed by atoms with E-state index >= 15 is 0 Å². The van der Waals surface area contributed by atoms with Crippen molar-refractivity contribution in [2.45, 2.75) is 13.0 Å². The van der Waals surface area contributed by atoms with Gasteiger partial charge >= 0.3 is 0 Å². The number of ether oxygens (including phenoxy) is 1. The summed E-state index contributed by atoms with van der Waals surface area (Å²) in [5, 5.41) is 3.01. The highest BCUT2D eigenvalue weighted by Gasteiger charge is 2.26. The maximum absolute atomic E-state index is 13.1. The van der Waals surface area contributed by atoms with Crippen molar-refractivity contribution in [2.24, 2.45) is 0 Å². The molecule has 3 aromatic rings. The van der Waals surface area contributed by atoms with Crippen LogP contribution in [0.15, 0.2) is 78.9 Å². The molecule has 6 nitrogen and oxygen atoms in total. The summed E-state index contributed by atoms with van der Waals surface area (Å²) in [7, 11) is -2.27. The van der Waals surface area contributed by atoms with Crippen molar-refractivity contribution >= 4 is 21.6 Å². The van der Waals surface area contributed by atoms with E-state index in [0.29, 0.717) is 11.4 Å². The normalized spacial score (nSPS) is 12.1. The fourth-order valence-electron chi connectivity index (χ4n) is 3.45. The van der Waals surface area contributed by atoms with Gasteiger partial charge in [0.1, 0.15) is 12.3 Å². The van der Waals surface area contributed by atoms with E-state index in [1.165, 1.54) is 7.11 Å². The Hall–Kier alpha value is -3.32. The maximum atomic E-state index is 13.1. The van der Waals surface area contributed by atoms with Crippen molar-refractivity contribution in [3.8, 4) is 5.75 Å². The van der Waals surface area contributed by atoms with Gasteiger partial charge in [0.2, 0.25) is 15.9 Å². The first-order valence-electron chi connectivity index (χ1n) is 9.82. The summed E-state index contributed by atoms with van der Waals surface area (Å²) in [6.07, 6.45) is 1.07. The second-order valence-corrected chi connectivity index (χ2v) is 9.12. The Labute approximate surface area is 183 Å². The number of amides is 1. The van der Waals surface area contributed by atoms with Gasteiger partial charge in [0, 0.05) is 0 Å². The zero-order valence-electron chi connectivity index (χ0n) is 17.8. The molecule has 1 amide bonds. The van der Waals surface area contributed by atoms with Crippen LogP contribution in [-0.4, -0.2) is 34.2 Å². The molecule has 0 aromatic heterocycles. The monoisotopic (exact) mass is 438 g/mol. The number of sulfonamides is 1. The van der Waals surface area contributed by atoms with Crippen LogP contribution >= 0.6 is 0 Å². The number of rotatable bonds is 8. The molecule has 1 atom stereocenters. The molecule has 0 radical (unpaired) electrons. The summed E-state index contributed by atoms with van der Waals surface area (Å²) in [6, 6.07) is 23.7. The van der Waals surface area contributed by atoms with Crippen LogP contribution in [0.2, 0.25) is 0 Å². The van der Waals surface area contributed by atoms with Crippen molar-refractivity contribution < 1.29 is 17.9 Å². The molecule has 0 unspecified atom stereocenters. The van der Waals surface area contributed by atoms with Gasteiger partial charge in [-0.05, 0) is 35.7 Å². The Morgan fingerprint density at radius 1 is 0.968 bits per heavy atom. The van der Waals surface area contributed by atoms with Gasteiger partial charge in [-0.1, -0.05) is 66.7 Å². The highest BCUT2D eigenvalue weighted by molar-refractivity contribution is 7.92. The number of nitrogens with one attached hydrogen (secondary N) is 1. The predicted octanol–water partition coefficient (Wildman–Crippen LogP) is 3.68. The molecule has 0 bridgehead atoms. The molecule has 0 spiro atoms. The molecule has 7 heteroatoms. The third-order valence-electron chi connectivity index (χ3n) is 4.98. The average molecular weight is 439 g/mol. The summed E-state index contributed by atoms with van der Waals surface area (Å²) in [5.74, 6) is -0.0484. The Morgan fingerprint density at radius 2 is 1.58 bits per heavy atom. The molecule has 3 rings (SSSR count). The van der Waals surface area contributed by atoms with Crippen molar-refractivity contribution in [3.63, 3.8) is 0 Å². The number of carbonyl (C=O) groups excluding carboxylic acids is 1. The van der Waals surface area contributed by atoms with Gasteiger partial charge < -0.3 is 10.1 Å². The van der Waals surface area contributed by atoms with E-state index in [4.69, 9.17) is 4.74 Å². The first-order valence-corrected chi connectivity index (χ1v) is 11.7. The molecule has 31 heavy (non-hydrogen) atoms. The smallest absolute Gasteiger partial charge is 0.241 e. The minimum absolute atomic E-state index is 0.315. The lowest BCUT2D eigenvalue weighted by molar-refractivity contribution is -0.120. The zero-order valence-corrected chi connectivity index (χ0v) is 18.6. The van der Waals surface area contributed by atoms with Crippen LogP contribution in [0.1, 0.15) is 22.7 Å². The third kappa shape index (κ3) is 5.44. The van der Waals surface area contributed by atoms with Crippen LogP contribution in [0.3, 0.4) is 0 Å². The highest BCUT2D eigenvalue weighted by atomic mass is 32.2.